The fourth-order valence-corrected chi connectivity index (χ4v) is 2.77. The van der Waals surface area contributed by atoms with E-state index >= 15 is 0 Å². The van der Waals surface area contributed by atoms with Crippen LogP contribution in [0.4, 0.5) is 15.8 Å². The molecule has 3 rings (SSSR count). The van der Waals surface area contributed by atoms with E-state index in [4.69, 9.17) is 27.8 Å². The van der Waals surface area contributed by atoms with Gasteiger partial charge in [0.25, 0.3) is 0 Å². The Labute approximate surface area is 149 Å². The number of aromatic nitrogens is 2. The third-order valence-corrected chi connectivity index (χ3v) is 4.07. The molecule has 0 aliphatic rings. The average molecular weight is 359 g/mol. The Morgan fingerprint density at radius 2 is 1.96 bits per heavy atom. The quantitative estimate of drug-likeness (QED) is 0.548. The highest BCUT2D eigenvalue weighted by Gasteiger charge is 2.14. The highest BCUT2D eigenvalue weighted by Crippen LogP contribution is 2.33. The largest absolute Gasteiger partial charge is 0.494 e. The minimum absolute atomic E-state index is 0.134. The van der Waals surface area contributed by atoms with Crippen LogP contribution in [0, 0.1) is 5.82 Å². The standard InChI is InChI=1S/C18H16ClFN4O/c1-25-16-5-2-10(9-13(16)20)8-12-11(3-4-14(21)17(12)22)15-6-7-23-18(19)24-15/h2-7,9H,8,21-22H2,1H3. The number of halogens is 2. The minimum Gasteiger partial charge on any atom is -0.494 e. The molecule has 0 atom stereocenters. The maximum atomic E-state index is 14.0. The van der Waals surface area contributed by atoms with Crippen LogP contribution in [0.5, 0.6) is 5.75 Å². The summed E-state index contributed by atoms with van der Waals surface area (Å²) in [7, 11) is 1.42. The van der Waals surface area contributed by atoms with E-state index in [9.17, 15) is 4.39 Å². The first-order valence-corrected chi connectivity index (χ1v) is 7.85. The van der Waals surface area contributed by atoms with Gasteiger partial charge < -0.3 is 16.2 Å². The molecule has 1 aromatic heterocycles. The number of benzene rings is 2. The van der Waals surface area contributed by atoms with Crippen molar-refractivity contribution in [3.8, 4) is 17.0 Å². The number of hydrogen-bond acceptors (Lipinski definition) is 5. The highest BCUT2D eigenvalue weighted by atomic mass is 35.5. The van der Waals surface area contributed by atoms with Gasteiger partial charge in [-0.1, -0.05) is 12.1 Å². The van der Waals surface area contributed by atoms with Crippen LogP contribution in [0.1, 0.15) is 11.1 Å². The molecule has 0 bridgehead atoms. The average Bonchev–Trinajstić information content (AvgIpc) is 2.59. The summed E-state index contributed by atoms with van der Waals surface area (Å²) in [6.07, 6.45) is 1.95. The van der Waals surface area contributed by atoms with Crippen molar-refractivity contribution in [2.45, 2.75) is 6.42 Å². The number of rotatable bonds is 4. The van der Waals surface area contributed by atoms with Crippen LogP contribution in [0.2, 0.25) is 5.28 Å². The summed E-state index contributed by atoms with van der Waals surface area (Å²) >= 11 is 5.89. The van der Waals surface area contributed by atoms with Gasteiger partial charge >= 0.3 is 0 Å². The van der Waals surface area contributed by atoms with E-state index in [-0.39, 0.29) is 11.0 Å². The fraction of sp³-hybridized carbons (Fsp3) is 0.111. The predicted molar refractivity (Wildman–Crippen MR) is 97.1 cm³/mol. The van der Waals surface area contributed by atoms with E-state index in [2.05, 4.69) is 9.97 Å². The Morgan fingerprint density at radius 3 is 2.64 bits per heavy atom. The highest BCUT2D eigenvalue weighted by molar-refractivity contribution is 6.28. The van der Waals surface area contributed by atoms with Crippen molar-refractivity contribution in [3.05, 3.63) is 64.8 Å². The summed E-state index contributed by atoms with van der Waals surface area (Å²) in [6, 6.07) is 10.0. The monoisotopic (exact) mass is 358 g/mol. The summed E-state index contributed by atoms with van der Waals surface area (Å²) < 4.78 is 18.9. The Kier molecular flexibility index (Phi) is 4.72. The van der Waals surface area contributed by atoms with Crippen LogP contribution < -0.4 is 16.2 Å². The van der Waals surface area contributed by atoms with Gasteiger partial charge in [0.15, 0.2) is 11.6 Å². The molecule has 25 heavy (non-hydrogen) atoms. The van der Waals surface area contributed by atoms with E-state index in [0.29, 0.717) is 23.5 Å². The van der Waals surface area contributed by atoms with Gasteiger partial charge in [0.1, 0.15) is 0 Å². The normalized spacial score (nSPS) is 10.7. The zero-order valence-electron chi connectivity index (χ0n) is 13.5. The minimum atomic E-state index is -0.436. The predicted octanol–water partition coefficient (Wildman–Crippen LogP) is 3.70. The molecular weight excluding hydrogens is 343 g/mol. The second-order valence-electron chi connectivity index (χ2n) is 5.45. The van der Waals surface area contributed by atoms with E-state index in [0.717, 1.165) is 16.7 Å². The molecular formula is C18H16ClFN4O. The first kappa shape index (κ1) is 17.0. The Hall–Kier alpha value is -2.86. The molecule has 0 aliphatic carbocycles. The Balaban J connectivity index is 2.08. The lowest BCUT2D eigenvalue weighted by molar-refractivity contribution is 0.386. The third kappa shape index (κ3) is 3.49. The molecule has 0 aliphatic heterocycles. The lowest BCUT2D eigenvalue weighted by atomic mass is 9.95. The maximum absolute atomic E-state index is 14.0. The molecule has 0 unspecified atom stereocenters. The molecule has 2 aromatic carbocycles. The van der Waals surface area contributed by atoms with Crippen LogP contribution in [-0.2, 0) is 6.42 Å². The molecule has 0 radical (unpaired) electrons. The smallest absolute Gasteiger partial charge is 0.222 e. The van der Waals surface area contributed by atoms with Crippen LogP contribution in [-0.4, -0.2) is 17.1 Å². The van der Waals surface area contributed by atoms with Crippen LogP contribution in [0.25, 0.3) is 11.3 Å². The summed E-state index contributed by atoms with van der Waals surface area (Å²) in [5.74, 6) is -0.249. The van der Waals surface area contributed by atoms with E-state index in [1.54, 1.807) is 30.5 Å². The van der Waals surface area contributed by atoms with Gasteiger partial charge in [0.2, 0.25) is 5.28 Å². The molecule has 7 heteroatoms. The molecule has 4 N–H and O–H groups in total. The topological polar surface area (TPSA) is 87.0 Å². The Bertz CT molecular complexity index is 933. The number of nitrogens with two attached hydrogens (primary N) is 2. The van der Waals surface area contributed by atoms with E-state index < -0.39 is 5.82 Å². The third-order valence-electron chi connectivity index (χ3n) is 3.89. The van der Waals surface area contributed by atoms with Crippen LogP contribution in [0.15, 0.2) is 42.6 Å². The van der Waals surface area contributed by atoms with E-state index in [1.807, 2.05) is 6.07 Å². The molecule has 1 heterocycles. The number of nitrogens with zero attached hydrogens (tertiary/aromatic N) is 2. The maximum Gasteiger partial charge on any atom is 0.222 e. The van der Waals surface area contributed by atoms with Gasteiger partial charge in [-0.25, -0.2) is 14.4 Å². The first-order chi connectivity index (χ1) is 12.0. The lowest BCUT2D eigenvalue weighted by Crippen LogP contribution is -2.04. The molecule has 0 spiro atoms. The zero-order valence-corrected chi connectivity index (χ0v) is 14.2. The van der Waals surface area contributed by atoms with Crippen molar-refractivity contribution >= 4 is 23.0 Å². The molecule has 5 nitrogen and oxygen atoms in total. The number of methoxy groups -OCH3 is 1. The zero-order chi connectivity index (χ0) is 18.0. The van der Waals surface area contributed by atoms with Gasteiger partial charge in [-0.3, -0.25) is 0 Å². The van der Waals surface area contributed by atoms with Gasteiger partial charge in [0, 0.05) is 18.2 Å². The first-order valence-electron chi connectivity index (χ1n) is 7.47. The second kappa shape index (κ2) is 6.94. The van der Waals surface area contributed by atoms with Crippen LogP contribution in [0.3, 0.4) is 0 Å². The SMILES string of the molecule is COc1ccc(Cc2c(-c3ccnc(Cl)n3)ccc(N)c2N)cc1F. The van der Waals surface area contributed by atoms with Gasteiger partial charge in [-0.05, 0) is 47.0 Å². The van der Waals surface area contributed by atoms with Gasteiger partial charge in [-0.15, -0.1) is 0 Å². The van der Waals surface area contributed by atoms with Crippen LogP contribution >= 0.6 is 11.6 Å². The summed E-state index contributed by atoms with van der Waals surface area (Å²) in [6.45, 7) is 0. The molecule has 128 valence electrons. The molecule has 0 saturated carbocycles. The number of hydrogen-bond donors (Lipinski definition) is 2. The van der Waals surface area contributed by atoms with Gasteiger partial charge in [0.05, 0.1) is 24.2 Å². The van der Waals surface area contributed by atoms with E-state index in [1.165, 1.54) is 13.2 Å². The summed E-state index contributed by atoms with van der Waals surface area (Å²) in [5, 5.41) is 0.134. The molecule has 0 fully saturated rings. The summed E-state index contributed by atoms with van der Waals surface area (Å²) in [4.78, 5) is 8.11. The number of anilines is 2. The van der Waals surface area contributed by atoms with Gasteiger partial charge in [-0.2, -0.15) is 0 Å². The fourth-order valence-electron chi connectivity index (χ4n) is 2.62. The van der Waals surface area contributed by atoms with Crippen molar-refractivity contribution in [2.75, 3.05) is 18.6 Å². The van der Waals surface area contributed by atoms with Crippen molar-refractivity contribution in [2.24, 2.45) is 0 Å². The number of nitrogen functional groups attached to an aromatic ring is 2. The molecule has 0 saturated heterocycles. The molecule has 0 amide bonds. The lowest BCUT2D eigenvalue weighted by Gasteiger charge is -2.15. The Morgan fingerprint density at radius 1 is 1.16 bits per heavy atom. The number of ether oxygens (including phenoxy) is 1. The summed E-state index contributed by atoms with van der Waals surface area (Å²) in [5.41, 5.74) is 15.9. The second-order valence-corrected chi connectivity index (χ2v) is 5.79. The van der Waals surface area contributed by atoms with Crippen molar-refractivity contribution < 1.29 is 9.13 Å². The van der Waals surface area contributed by atoms with Crippen molar-refractivity contribution in [1.29, 1.82) is 0 Å². The van der Waals surface area contributed by atoms with Crippen molar-refractivity contribution in [1.82, 2.24) is 9.97 Å². The molecule has 3 aromatic rings. The van der Waals surface area contributed by atoms with Crippen molar-refractivity contribution in [3.63, 3.8) is 0 Å².